The van der Waals surface area contributed by atoms with Crippen molar-refractivity contribution in [1.29, 1.82) is 0 Å². The summed E-state index contributed by atoms with van der Waals surface area (Å²) in [6.07, 6.45) is 2.59. The fourth-order valence-corrected chi connectivity index (χ4v) is 5.58. The van der Waals surface area contributed by atoms with E-state index in [1.165, 1.54) is 25.4 Å². The number of thiophene rings is 1. The Hall–Kier alpha value is -2.87. The Morgan fingerprint density at radius 1 is 1.29 bits per heavy atom. The molecule has 4 rings (SSSR count). The van der Waals surface area contributed by atoms with Crippen molar-refractivity contribution < 1.29 is 14.3 Å². The molecule has 1 aliphatic heterocycles. The zero-order valence-electron chi connectivity index (χ0n) is 18.1. The van der Waals surface area contributed by atoms with Gasteiger partial charge in [0.25, 0.3) is 11.5 Å². The molecule has 3 aromatic rings. The Morgan fingerprint density at radius 2 is 2.06 bits per heavy atom. The van der Waals surface area contributed by atoms with E-state index in [1.54, 1.807) is 9.47 Å². The van der Waals surface area contributed by atoms with Crippen LogP contribution in [0.4, 0.5) is 0 Å². The van der Waals surface area contributed by atoms with Crippen LogP contribution in [0.5, 0.6) is 5.75 Å². The van der Waals surface area contributed by atoms with Crippen molar-refractivity contribution in [2.75, 3.05) is 20.2 Å². The SMILES string of the molecule is CCCCn1c(=O)c2c(OC)c(C(=O)N3CCC(NC(C)=O)C3)sc2c2ccccc21. The molecular formula is C23H27N3O4S. The maximum Gasteiger partial charge on any atom is 0.267 e. The van der Waals surface area contributed by atoms with Gasteiger partial charge in [0.1, 0.15) is 10.3 Å². The van der Waals surface area contributed by atoms with Crippen LogP contribution < -0.4 is 15.6 Å². The van der Waals surface area contributed by atoms with Crippen molar-refractivity contribution in [3.05, 3.63) is 39.5 Å². The van der Waals surface area contributed by atoms with Crippen LogP contribution >= 0.6 is 11.3 Å². The first-order valence-electron chi connectivity index (χ1n) is 10.6. The molecule has 3 heterocycles. The van der Waals surface area contributed by atoms with Crippen molar-refractivity contribution in [1.82, 2.24) is 14.8 Å². The highest BCUT2D eigenvalue weighted by molar-refractivity contribution is 7.22. The van der Waals surface area contributed by atoms with Gasteiger partial charge in [-0.05, 0) is 18.9 Å². The molecule has 1 aromatic carbocycles. The number of hydrogen-bond donors (Lipinski definition) is 1. The minimum absolute atomic E-state index is 0.0473. The molecule has 164 valence electrons. The number of benzene rings is 1. The molecule has 1 atom stereocenters. The number of rotatable bonds is 6. The third-order valence-electron chi connectivity index (χ3n) is 5.78. The number of likely N-dealkylation sites (tertiary alicyclic amines) is 1. The van der Waals surface area contributed by atoms with Crippen LogP contribution in [0.2, 0.25) is 0 Å². The minimum Gasteiger partial charge on any atom is -0.494 e. The lowest BCUT2D eigenvalue weighted by atomic mass is 10.1. The summed E-state index contributed by atoms with van der Waals surface area (Å²) in [5, 5.41) is 4.31. The standard InChI is InChI=1S/C23H27N3O4S/c1-4-5-11-26-17-9-7-6-8-16(17)20-18(22(26)28)19(30-3)21(31-20)23(29)25-12-10-15(13-25)24-14(2)27/h6-9,15H,4-5,10-13H2,1-3H3,(H,24,27). The molecule has 2 aromatic heterocycles. The summed E-state index contributed by atoms with van der Waals surface area (Å²) in [7, 11) is 1.51. The Balaban J connectivity index is 1.84. The largest absolute Gasteiger partial charge is 0.494 e. The number of methoxy groups -OCH3 is 1. The van der Waals surface area contributed by atoms with Gasteiger partial charge in [-0.3, -0.25) is 14.4 Å². The van der Waals surface area contributed by atoms with Gasteiger partial charge in [-0.2, -0.15) is 0 Å². The second-order valence-corrected chi connectivity index (χ2v) is 8.95. The number of nitrogens with zero attached hydrogens (tertiary/aromatic N) is 2. The fraction of sp³-hybridized carbons (Fsp3) is 0.435. The maximum atomic E-state index is 13.5. The van der Waals surface area contributed by atoms with E-state index in [9.17, 15) is 14.4 Å². The molecule has 31 heavy (non-hydrogen) atoms. The lowest BCUT2D eigenvalue weighted by Gasteiger charge is -2.16. The number of aryl methyl sites for hydroxylation is 1. The number of unbranched alkanes of at least 4 members (excludes halogenated alkanes) is 1. The van der Waals surface area contributed by atoms with Crippen molar-refractivity contribution in [3.63, 3.8) is 0 Å². The molecule has 1 aliphatic rings. The van der Waals surface area contributed by atoms with Gasteiger partial charge in [0.05, 0.1) is 17.3 Å². The smallest absolute Gasteiger partial charge is 0.267 e. The van der Waals surface area contributed by atoms with Crippen LogP contribution in [0.25, 0.3) is 21.0 Å². The first-order chi connectivity index (χ1) is 15.0. The number of amides is 2. The zero-order valence-corrected chi connectivity index (χ0v) is 18.9. The highest BCUT2D eigenvalue weighted by Crippen LogP contribution is 2.40. The van der Waals surface area contributed by atoms with E-state index in [2.05, 4.69) is 12.2 Å². The molecule has 2 amide bonds. The van der Waals surface area contributed by atoms with E-state index >= 15 is 0 Å². The third-order valence-corrected chi connectivity index (χ3v) is 6.97. The highest BCUT2D eigenvalue weighted by atomic mass is 32.1. The summed E-state index contributed by atoms with van der Waals surface area (Å²) in [5.41, 5.74) is 0.759. The number of hydrogen-bond acceptors (Lipinski definition) is 5. The van der Waals surface area contributed by atoms with Crippen LogP contribution in [0, 0.1) is 0 Å². The van der Waals surface area contributed by atoms with Crippen molar-refractivity contribution in [3.8, 4) is 5.75 Å². The Labute approximate surface area is 184 Å². The van der Waals surface area contributed by atoms with E-state index in [4.69, 9.17) is 4.74 Å². The predicted molar refractivity (Wildman–Crippen MR) is 123 cm³/mol. The predicted octanol–water partition coefficient (Wildman–Crippen LogP) is 3.38. The summed E-state index contributed by atoms with van der Waals surface area (Å²) in [5.74, 6) is 0.0984. The van der Waals surface area contributed by atoms with Crippen molar-refractivity contribution in [2.24, 2.45) is 0 Å². The quantitative estimate of drug-likeness (QED) is 0.636. The third kappa shape index (κ3) is 3.80. The lowest BCUT2D eigenvalue weighted by Crippen LogP contribution is -2.37. The normalized spacial score (nSPS) is 16.2. The number of nitrogens with one attached hydrogen (secondary N) is 1. The van der Waals surface area contributed by atoms with Crippen LogP contribution in [0.3, 0.4) is 0 Å². The van der Waals surface area contributed by atoms with E-state index in [-0.39, 0.29) is 23.4 Å². The van der Waals surface area contributed by atoms with Gasteiger partial charge in [0, 0.05) is 38.0 Å². The molecular weight excluding hydrogens is 414 g/mol. The molecule has 1 unspecified atom stereocenters. The summed E-state index contributed by atoms with van der Waals surface area (Å²) in [6.45, 7) is 5.21. The first kappa shape index (κ1) is 21.4. The van der Waals surface area contributed by atoms with Crippen LogP contribution in [0.1, 0.15) is 42.8 Å². The van der Waals surface area contributed by atoms with E-state index in [1.807, 2.05) is 24.3 Å². The molecule has 1 saturated heterocycles. The molecule has 8 heteroatoms. The average molecular weight is 442 g/mol. The van der Waals surface area contributed by atoms with E-state index in [0.717, 1.165) is 28.4 Å². The van der Waals surface area contributed by atoms with Crippen LogP contribution in [-0.2, 0) is 11.3 Å². The number of pyridine rings is 1. The summed E-state index contributed by atoms with van der Waals surface area (Å²) >= 11 is 1.32. The molecule has 7 nitrogen and oxygen atoms in total. The lowest BCUT2D eigenvalue weighted by molar-refractivity contribution is -0.119. The molecule has 0 aliphatic carbocycles. The minimum atomic E-state index is -0.158. The highest BCUT2D eigenvalue weighted by Gasteiger charge is 2.32. The number of aromatic nitrogens is 1. The molecule has 0 spiro atoms. The van der Waals surface area contributed by atoms with Gasteiger partial charge >= 0.3 is 0 Å². The van der Waals surface area contributed by atoms with Gasteiger partial charge in [0.2, 0.25) is 5.91 Å². The first-order valence-corrected chi connectivity index (χ1v) is 11.5. The van der Waals surface area contributed by atoms with Crippen LogP contribution in [0.15, 0.2) is 29.1 Å². The Morgan fingerprint density at radius 3 is 2.77 bits per heavy atom. The number of carbonyl (C=O) groups excluding carboxylic acids is 2. The van der Waals surface area contributed by atoms with Crippen molar-refractivity contribution >= 4 is 44.1 Å². The topological polar surface area (TPSA) is 80.6 Å². The summed E-state index contributed by atoms with van der Waals surface area (Å²) < 4.78 is 8.22. The second kappa shape index (κ2) is 8.70. The van der Waals surface area contributed by atoms with Crippen molar-refractivity contribution in [2.45, 2.75) is 45.7 Å². The fourth-order valence-electron chi connectivity index (χ4n) is 4.31. The number of fused-ring (bicyclic) bond motifs is 3. The molecule has 0 saturated carbocycles. The average Bonchev–Trinajstić information content (AvgIpc) is 3.37. The van der Waals surface area contributed by atoms with E-state index in [0.29, 0.717) is 42.1 Å². The second-order valence-electron chi connectivity index (χ2n) is 7.93. The molecule has 1 N–H and O–H groups in total. The monoisotopic (exact) mass is 441 g/mol. The number of carbonyl (C=O) groups is 2. The number of para-hydroxylation sites is 1. The Bertz CT molecular complexity index is 1210. The van der Waals surface area contributed by atoms with Gasteiger partial charge in [-0.15, -0.1) is 11.3 Å². The summed E-state index contributed by atoms with van der Waals surface area (Å²) in [6, 6.07) is 7.78. The summed E-state index contributed by atoms with van der Waals surface area (Å²) in [4.78, 5) is 40.4. The molecule has 0 radical (unpaired) electrons. The van der Waals surface area contributed by atoms with Gasteiger partial charge in [-0.25, -0.2) is 0 Å². The maximum absolute atomic E-state index is 13.5. The molecule has 0 bridgehead atoms. The van der Waals surface area contributed by atoms with Gasteiger partial charge in [-0.1, -0.05) is 31.5 Å². The van der Waals surface area contributed by atoms with Gasteiger partial charge in [0.15, 0.2) is 5.75 Å². The molecule has 1 fully saturated rings. The zero-order chi connectivity index (χ0) is 22.1. The Kier molecular flexibility index (Phi) is 6.00. The van der Waals surface area contributed by atoms with Gasteiger partial charge < -0.3 is 19.5 Å². The van der Waals surface area contributed by atoms with Crippen LogP contribution in [-0.4, -0.2) is 47.5 Å². The van der Waals surface area contributed by atoms with E-state index < -0.39 is 0 Å². The number of ether oxygens (including phenoxy) is 1.